The van der Waals surface area contributed by atoms with Crippen LogP contribution in [0.2, 0.25) is 0 Å². The summed E-state index contributed by atoms with van der Waals surface area (Å²) in [4.78, 5) is 11.8. The summed E-state index contributed by atoms with van der Waals surface area (Å²) in [6, 6.07) is 0. The van der Waals surface area contributed by atoms with Crippen molar-refractivity contribution in [1.82, 2.24) is 6.15 Å². The lowest BCUT2D eigenvalue weighted by atomic mass is 9.70. The normalized spacial score (nSPS) is 44.8. The van der Waals surface area contributed by atoms with Crippen molar-refractivity contribution in [3.63, 3.8) is 0 Å². The van der Waals surface area contributed by atoms with Crippen LogP contribution in [0.25, 0.3) is 0 Å². The van der Waals surface area contributed by atoms with Gasteiger partial charge in [-0.05, 0) is 24.2 Å². The third-order valence-electron chi connectivity index (χ3n) is 4.66. The molecule has 0 aromatic carbocycles. The molecule has 0 radical (unpaired) electrons. The standard InChI is InChI=1S/C10H15BrO4S.H3N/c1-9-4-3-6(7(11)8(9)12)10(9,2)5-16(13,14)15;/h6-7H,3-5H2,1-2H3,(H,13,14,15);1H3/t6-,7?,9-,10+;/m1./s1. The van der Waals surface area contributed by atoms with Crippen LogP contribution in [-0.4, -0.2) is 29.3 Å². The minimum atomic E-state index is -4.30. The van der Waals surface area contributed by atoms with Gasteiger partial charge in [0.2, 0.25) is 0 Å². The summed E-state index contributed by atoms with van der Waals surface area (Å²) < 4.78 is 33.0. The average molecular weight is 328 g/mol. The van der Waals surface area contributed by atoms with Crippen LogP contribution in [0.1, 0.15) is 26.7 Å². The SMILES string of the molecule is C[C@]1(CS(=O)(=O)[O-])[C@@H]2CC[C@]1(C)C(=O)C2Br.[NH4+]. The molecule has 4 N–H and O–H groups in total. The van der Waals surface area contributed by atoms with Gasteiger partial charge < -0.3 is 10.7 Å². The average Bonchev–Trinajstić information content (AvgIpc) is 2.40. The summed E-state index contributed by atoms with van der Waals surface area (Å²) >= 11 is 3.33. The number of fused-ring (bicyclic) bond motifs is 2. The Bertz CT molecular complexity index is 451. The zero-order valence-corrected chi connectivity index (χ0v) is 12.6. The molecule has 5 nitrogen and oxygen atoms in total. The number of alkyl halides is 1. The number of carbonyl (C=O) groups is 1. The lowest BCUT2D eigenvalue weighted by Crippen LogP contribution is -2.40. The largest absolute Gasteiger partial charge is 0.748 e. The topological polar surface area (TPSA) is 111 Å². The second kappa shape index (κ2) is 4.01. The van der Waals surface area contributed by atoms with E-state index < -0.39 is 26.7 Å². The predicted octanol–water partition coefficient (Wildman–Crippen LogP) is 1.68. The Balaban J connectivity index is 0.00000144. The second-order valence-electron chi connectivity index (χ2n) is 5.36. The number of quaternary nitrogens is 1. The van der Waals surface area contributed by atoms with Crippen LogP contribution in [0.15, 0.2) is 0 Å². The first-order chi connectivity index (χ1) is 7.12. The highest BCUT2D eigenvalue weighted by Crippen LogP contribution is 2.65. The number of hydrogen-bond donors (Lipinski definition) is 1. The first kappa shape index (κ1) is 15.1. The fourth-order valence-corrected chi connectivity index (χ4v) is 6.07. The van der Waals surface area contributed by atoms with Gasteiger partial charge in [0.1, 0.15) is 0 Å². The molecule has 1 unspecified atom stereocenters. The van der Waals surface area contributed by atoms with E-state index in [-0.39, 0.29) is 22.7 Å². The lowest BCUT2D eigenvalue weighted by Gasteiger charge is -2.37. The van der Waals surface area contributed by atoms with Gasteiger partial charge in [0.15, 0.2) is 5.78 Å². The molecule has 0 saturated heterocycles. The van der Waals surface area contributed by atoms with Crippen molar-refractivity contribution in [2.24, 2.45) is 16.7 Å². The number of Topliss-reactive ketones (excluding diaryl/α,β-unsaturated/α-hetero) is 1. The molecule has 4 atom stereocenters. The smallest absolute Gasteiger partial charge is 0.153 e. The summed E-state index contributed by atoms with van der Waals surface area (Å²) in [5, 5.41) is 0. The van der Waals surface area contributed by atoms with Crippen molar-refractivity contribution >= 4 is 31.8 Å². The molecular formula is C10H18BrNO4S. The third kappa shape index (κ3) is 1.87. The maximum absolute atomic E-state index is 12.0. The van der Waals surface area contributed by atoms with E-state index in [4.69, 9.17) is 0 Å². The molecule has 7 heteroatoms. The van der Waals surface area contributed by atoms with Gasteiger partial charge in [0.25, 0.3) is 0 Å². The van der Waals surface area contributed by atoms with Crippen molar-refractivity contribution in [1.29, 1.82) is 0 Å². The van der Waals surface area contributed by atoms with Gasteiger partial charge >= 0.3 is 0 Å². The quantitative estimate of drug-likeness (QED) is 0.614. The molecule has 2 bridgehead atoms. The van der Waals surface area contributed by atoms with Crippen LogP contribution in [0.5, 0.6) is 0 Å². The molecule has 0 amide bonds. The lowest BCUT2D eigenvalue weighted by molar-refractivity contribution is -0.127. The minimum absolute atomic E-state index is 0. The highest BCUT2D eigenvalue weighted by molar-refractivity contribution is 9.10. The Morgan fingerprint density at radius 2 is 2.00 bits per heavy atom. The molecule has 100 valence electrons. The molecule has 2 aliphatic carbocycles. The third-order valence-corrected chi connectivity index (χ3v) is 6.67. The summed E-state index contributed by atoms with van der Waals surface area (Å²) in [6.45, 7) is 3.56. The molecule has 0 aromatic rings. The Hall–Kier alpha value is 0.0200. The zero-order chi connectivity index (χ0) is 12.4. The number of rotatable bonds is 2. The predicted molar refractivity (Wildman–Crippen MR) is 67.2 cm³/mol. The van der Waals surface area contributed by atoms with Crippen LogP contribution >= 0.6 is 15.9 Å². The highest BCUT2D eigenvalue weighted by Gasteiger charge is 2.68. The first-order valence-electron chi connectivity index (χ1n) is 5.24. The zero-order valence-electron chi connectivity index (χ0n) is 10.2. The Morgan fingerprint density at radius 3 is 2.35 bits per heavy atom. The molecule has 17 heavy (non-hydrogen) atoms. The number of halogens is 1. The van der Waals surface area contributed by atoms with E-state index in [1.165, 1.54) is 0 Å². The van der Waals surface area contributed by atoms with Crippen LogP contribution in [0, 0.1) is 16.7 Å². The summed E-state index contributed by atoms with van der Waals surface area (Å²) in [5.74, 6) is -0.418. The Labute approximate surface area is 110 Å². The van der Waals surface area contributed by atoms with Gasteiger partial charge in [-0.2, -0.15) is 0 Å². The monoisotopic (exact) mass is 327 g/mol. The Morgan fingerprint density at radius 1 is 1.47 bits per heavy atom. The number of hydrogen-bond acceptors (Lipinski definition) is 4. The summed E-state index contributed by atoms with van der Waals surface area (Å²) in [5.41, 5.74) is -1.37. The molecule has 0 aromatic heterocycles. The van der Waals surface area contributed by atoms with Crippen molar-refractivity contribution in [2.75, 3.05) is 5.75 Å². The fraction of sp³-hybridized carbons (Fsp3) is 0.900. The number of ketones is 1. The van der Waals surface area contributed by atoms with Crippen molar-refractivity contribution in [2.45, 2.75) is 31.5 Å². The highest BCUT2D eigenvalue weighted by atomic mass is 79.9. The number of carbonyl (C=O) groups excluding carboxylic acids is 1. The van der Waals surface area contributed by atoms with Crippen LogP contribution in [0.4, 0.5) is 0 Å². The van der Waals surface area contributed by atoms with Crippen LogP contribution in [0.3, 0.4) is 0 Å². The van der Waals surface area contributed by atoms with Crippen molar-refractivity contribution < 1.29 is 17.8 Å². The molecule has 0 spiro atoms. The Kier molecular flexibility index (Phi) is 3.56. The molecule has 2 fully saturated rings. The minimum Gasteiger partial charge on any atom is -0.748 e. The van der Waals surface area contributed by atoms with Gasteiger partial charge in [-0.1, -0.05) is 29.8 Å². The van der Waals surface area contributed by atoms with E-state index in [2.05, 4.69) is 15.9 Å². The molecular weight excluding hydrogens is 310 g/mol. The van der Waals surface area contributed by atoms with Crippen molar-refractivity contribution in [3.8, 4) is 0 Å². The van der Waals surface area contributed by atoms with E-state index in [1.807, 2.05) is 0 Å². The van der Waals surface area contributed by atoms with Crippen LogP contribution < -0.4 is 6.15 Å². The van der Waals surface area contributed by atoms with E-state index in [1.54, 1.807) is 13.8 Å². The summed E-state index contributed by atoms with van der Waals surface area (Å²) in [6.07, 6.45) is 1.49. The molecule has 0 aliphatic heterocycles. The van der Waals surface area contributed by atoms with Crippen LogP contribution in [-0.2, 0) is 14.9 Å². The van der Waals surface area contributed by atoms with Gasteiger partial charge in [0.05, 0.1) is 14.9 Å². The fourth-order valence-electron chi connectivity index (χ4n) is 3.45. The van der Waals surface area contributed by atoms with E-state index in [9.17, 15) is 17.8 Å². The molecule has 2 rings (SSSR count). The van der Waals surface area contributed by atoms with E-state index in [0.717, 1.165) is 6.42 Å². The maximum atomic E-state index is 12.0. The van der Waals surface area contributed by atoms with Gasteiger partial charge in [0, 0.05) is 11.2 Å². The van der Waals surface area contributed by atoms with Crippen molar-refractivity contribution in [3.05, 3.63) is 0 Å². The van der Waals surface area contributed by atoms with Gasteiger partial charge in [-0.3, -0.25) is 4.79 Å². The second-order valence-corrected chi connectivity index (χ2v) is 7.75. The first-order valence-corrected chi connectivity index (χ1v) is 7.73. The van der Waals surface area contributed by atoms with E-state index in [0.29, 0.717) is 6.42 Å². The molecule has 2 saturated carbocycles. The van der Waals surface area contributed by atoms with Gasteiger partial charge in [-0.15, -0.1) is 0 Å². The van der Waals surface area contributed by atoms with Gasteiger partial charge in [-0.25, -0.2) is 8.42 Å². The molecule has 0 heterocycles. The maximum Gasteiger partial charge on any atom is 0.153 e. The summed E-state index contributed by atoms with van der Waals surface area (Å²) in [7, 11) is -4.30. The van der Waals surface area contributed by atoms with E-state index >= 15 is 0 Å². The molecule has 2 aliphatic rings.